The Labute approximate surface area is 238 Å². The van der Waals surface area contributed by atoms with Crippen LogP contribution in [0.25, 0.3) is 22.4 Å². The van der Waals surface area contributed by atoms with E-state index in [9.17, 15) is 8.42 Å². The van der Waals surface area contributed by atoms with Crippen molar-refractivity contribution >= 4 is 20.9 Å². The molecule has 3 aromatic rings. The van der Waals surface area contributed by atoms with Crippen molar-refractivity contribution in [1.82, 2.24) is 19.4 Å². The van der Waals surface area contributed by atoms with Gasteiger partial charge in [0.15, 0.2) is 9.84 Å². The van der Waals surface area contributed by atoms with E-state index in [1.165, 1.54) is 44.8 Å². The lowest BCUT2D eigenvalue weighted by molar-refractivity contribution is -0.0295. The van der Waals surface area contributed by atoms with E-state index in [2.05, 4.69) is 29.7 Å². The summed E-state index contributed by atoms with van der Waals surface area (Å²) in [5.41, 5.74) is 2.95. The Morgan fingerprint density at radius 3 is 2.30 bits per heavy atom. The summed E-state index contributed by atoms with van der Waals surface area (Å²) in [5, 5.41) is 0. The lowest BCUT2D eigenvalue weighted by Crippen LogP contribution is -2.59. The van der Waals surface area contributed by atoms with Gasteiger partial charge < -0.3 is 9.47 Å². The van der Waals surface area contributed by atoms with E-state index in [0.717, 1.165) is 43.1 Å². The van der Waals surface area contributed by atoms with Crippen molar-refractivity contribution in [3.05, 3.63) is 47.8 Å². The summed E-state index contributed by atoms with van der Waals surface area (Å²) in [5.74, 6) is 0.727. The van der Waals surface area contributed by atoms with Crippen LogP contribution in [0.3, 0.4) is 0 Å². The van der Waals surface area contributed by atoms with Gasteiger partial charge in [0.1, 0.15) is 17.2 Å². The first-order valence-electron chi connectivity index (χ1n) is 15.1. The summed E-state index contributed by atoms with van der Waals surface area (Å²) in [7, 11) is -1.46. The normalized spacial score (nSPS) is 25.9. The molecule has 3 heterocycles. The number of hydrogen-bond donors (Lipinski definition) is 0. The Hall–Kier alpha value is -2.29. The number of aryl methyl sites for hydroxylation is 1. The molecule has 3 aliphatic rings. The molecule has 6 nitrogen and oxygen atoms in total. The lowest BCUT2D eigenvalue weighted by atomic mass is 9.81. The third-order valence-electron chi connectivity index (χ3n) is 10.1. The van der Waals surface area contributed by atoms with Crippen molar-refractivity contribution in [3.63, 3.8) is 0 Å². The van der Waals surface area contributed by atoms with Crippen molar-refractivity contribution in [2.75, 3.05) is 19.3 Å². The van der Waals surface area contributed by atoms with E-state index < -0.39 is 9.84 Å². The van der Waals surface area contributed by atoms with E-state index in [-0.39, 0.29) is 10.7 Å². The van der Waals surface area contributed by atoms with Crippen LogP contribution in [0.2, 0.25) is 0 Å². The van der Waals surface area contributed by atoms with Gasteiger partial charge in [-0.2, -0.15) is 0 Å². The zero-order valence-corrected chi connectivity index (χ0v) is 25.1. The van der Waals surface area contributed by atoms with Gasteiger partial charge in [0.25, 0.3) is 0 Å². The number of likely N-dealkylation sites (tertiary alicyclic amines) is 2. The number of sulfone groups is 1. The predicted molar refractivity (Wildman–Crippen MR) is 159 cm³/mol. The van der Waals surface area contributed by atoms with Crippen LogP contribution >= 0.6 is 0 Å². The summed E-state index contributed by atoms with van der Waals surface area (Å²) < 4.78 is 41.0. The number of aromatic nitrogens is 2. The highest BCUT2D eigenvalue weighted by Gasteiger charge is 2.40. The number of piperidine rings is 2. The van der Waals surface area contributed by atoms with Crippen LogP contribution in [0.4, 0.5) is 4.39 Å². The second-order valence-corrected chi connectivity index (χ2v) is 14.6. The maximum atomic E-state index is 15.5. The van der Waals surface area contributed by atoms with Gasteiger partial charge in [-0.1, -0.05) is 13.3 Å². The molecule has 6 rings (SSSR count). The molecule has 0 spiro atoms. The van der Waals surface area contributed by atoms with Gasteiger partial charge in [-0.15, -0.1) is 0 Å². The predicted octanol–water partition coefficient (Wildman–Crippen LogP) is 6.15. The van der Waals surface area contributed by atoms with Gasteiger partial charge in [0, 0.05) is 43.0 Å². The molecule has 0 N–H and O–H groups in total. The fraction of sp³-hybridized carbons (Fsp3) is 0.594. The number of halogens is 1. The van der Waals surface area contributed by atoms with Crippen molar-refractivity contribution in [2.45, 2.75) is 100 Å². The van der Waals surface area contributed by atoms with Crippen LogP contribution in [-0.2, 0) is 16.9 Å². The maximum absolute atomic E-state index is 15.5. The van der Waals surface area contributed by atoms with Crippen molar-refractivity contribution in [2.24, 2.45) is 7.05 Å². The standard InChI is InChI=1S/C32H43FN4O2S/c1-5-25-20-27(17-21(2)37(25)26-7-6-8-26)36-15-13-22(14-16-36)24-18-29(33)31-30(19-24)34-32(35(31)3)23-9-11-28(12-10-23)40(4,38)39/h9-12,18-19,21-22,25-27H,5-8,13-17,20H2,1-4H3. The van der Waals surface area contributed by atoms with Crippen molar-refractivity contribution in [1.29, 1.82) is 0 Å². The molecular formula is C32H43FN4O2S. The molecule has 1 saturated carbocycles. The molecule has 2 aromatic carbocycles. The zero-order chi connectivity index (χ0) is 28.2. The number of hydrogen-bond acceptors (Lipinski definition) is 5. The molecule has 3 unspecified atom stereocenters. The van der Waals surface area contributed by atoms with E-state index in [1.54, 1.807) is 34.9 Å². The summed E-state index contributed by atoms with van der Waals surface area (Å²) in [4.78, 5) is 10.6. The molecule has 1 aromatic heterocycles. The number of nitrogens with zero attached hydrogens (tertiary/aromatic N) is 4. The first-order valence-corrected chi connectivity index (χ1v) is 17.0. The Balaban J connectivity index is 1.16. The third kappa shape index (κ3) is 5.12. The summed E-state index contributed by atoms with van der Waals surface area (Å²) in [6, 6.07) is 13.3. The molecule has 3 atom stereocenters. The van der Waals surface area contributed by atoms with Crippen LogP contribution in [-0.4, -0.2) is 71.3 Å². The minimum absolute atomic E-state index is 0.244. The molecule has 2 aliphatic heterocycles. The van der Waals surface area contributed by atoms with Crippen LogP contribution in [0.15, 0.2) is 41.3 Å². The van der Waals surface area contributed by atoms with E-state index in [1.807, 2.05) is 7.05 Å². The molecule has 0 radical (unpaired) electrons. The Kier molecular flexibility index (Phi) is 7.55. The van der Waals surface area contributed by atoms with E-state index in [0.29, 0.717) is 40.9 Å². The average molecular weight is 567 g/mol. The van der Waals surface area contributed by atoms with E-state index in [4.69, 9.17) is 4.98 Å². The highest BCUT2D eigenvalue weighted by molar-refractivity contribution is 7.90. The number of benzene rings is 2. The van der Waals surface area contributed by atoms with Gasteiger partial charge in [-0.3, -0.25) is 4.90 Å². The maximum Gasteiger partial charge on any atom is 0.175 e. The van der Waals surface area contributed by atoms with Gasteiger partial charge in [-0.25, -0.2) is 17.8 Å². The van der Waals surface area contributed by atoms with Crippen molar-refractivity contribution < 1.29 is 12.8 Å². The van der Waals surface area contributed by atoms with Gasteiger partial charge in [-0.05, 0) is 113 Å². The fourth-order valence-corrected chi connectivity index (χ4v) is 8.32. The molecule has 8 heteroatoms. The summed E-state index contributed by atoms with van der Waals surface area (Å²) in [6.45, 7) is 6.94. The monoisotopic (exact) mass is 566 g/mol. The smallest absolute Gasteiger partial charge is 0.175 e. The second kappa shape index (κ2) is 10.8. The minimum atomic E-state index is -3.28. The Bertz CT molecular complexity index is 1470. The first kappa shape index (κ1) is 27.9. The van der Waals surface area contributed by atoms with Crippen LogP contribution in [0, 0.1) is 5.82 Å². The molecule has 2 saturated heterocycles. The van der Waals surface area contributed by atoms with Crippen molar-refractivity contribution in [3.8, 4) is 11.4 Å². The molecule has 216 valence electrons. The van der Waals surface area contributed by atoms with Crippen LogP contribution in [0.1, 0.15) is 76.7 Å². The number of imidazole rings is 1. The quantitative estimate of drug-likeness (QED) is 0.358. The van der Waals surface area contributed by atoms with Crippen LogP contribution < -0.4 is 0 Å². The van der Waals surface area contributed by atoms with Gasteiger partial charge in [0.05, 0.1) is 10.4 Å². The highest BCUT2D eigenvalue weighted by atomic mass is 32.2. The topological polar surface area (TPSA) is 58.4 Å². The number of rotatable bonds is 6. The lowest BCUT2D eigenvalue weighted by Gasteiger charge is -2.53. The third-order valence-corrected chi connectivity index (χ3v) is 11.2. The minimum Gasteiger partial charge on any atom is -0.325 e. The summed E-state index contributed by atoms with van der Waals surface area (Å²) >= 11 is 0. The summed E-state index contributed by atoms with van der Waals surface area (Å²) in [6.07, 6.45) is 11.2. The Morgan fingerprint density at radius 2 is 1.70 bits per heavy atom. The molecule has 40 heavy (non-hydrogen) atoms. The van der Waals surface area contributed by atoms with Gasteiger partial charge in [0.2, 0.25) is 0 Å². The SMILES string of the molecule is CCC1CC(N2CCC(c3cc(F)c4c(c3)nc(-c3ccc(S(C)(=O)=O)cc3)n4C)CC2)CC(C)N1C1CCC1. The number of fused-ring (bicyclic) bond motifs is 1. The molecule has 3 fully saturated rings. The first-order chi connectivity index (χ1) is 19.1. The van der Waals surface area contributed by atoms with E-state index >= 15 is 4.39 Å². The average Bonchev–Trinajstić information content (AvgIpc) is 3.25. The molecule has 1 aliphatic carbocycles. The Morgan fingerprint density at radius 1 is 1.00 bits per heavy atom. The van der Waals surface area contributed by atoms with Crippen LogP contribution in [0.5, 0.6) is 0 Å². The fourth-order valence-electron chi connectivity index (χ4n) is 7.69. The zero-order valence-electron chi connectivity index (χ0n) is 24.3. The molecule has 0 amide bonds. The second-order valence-electron chi connectivity index (χ2n) is 12.5. The molecular weight excluding hydrogens is 523 g/mol. The highest BCUT2D eigenvalue weighted by Crippen LogP contribution is 2.39. The molecule has 0 bridgehead atoms. The van der Waals surface area contributed by atoms with Gasteiger partial charge >= 0.3 is 0 Å². The largest absolute Gasteiger partial charge is 0.325 e.